The van der Waals surface area contributed by atoms with E-state index in [1.54, 1.807) is 12.4 Å². The number of alkyl carbamates (subject to hydrolysis) is 1. The quantitative estimate of drug-likeness (QED) is 0.208. The van der Waals surface area contributed by atoms with Gasteiger partial charge in [0.15, 0.2) is 0 Å². The molecule has 0 aliphatic heterocycles. The zero-order chi connectivity index (χ0) is 27.5. The number of ether oxygens (including phenoxy) is 2. The summed E-state index contributed by atoms with van der Waals surface area (Å²) in [6.07, 6.45) is 4.51. The summed E-state index contributed by atoms with van der Waals surface area (Å²) in [4.78, 5) is 42.0. The number of benzene rings is 2. The van der Waals surface area contributed by atoms with Crippen molar-refractivity contribution in [3.8, 4) is 0 Å². The molecule has 0 saturated heterocycles. The van der Waals surface area contributed by atoms with E-state index >= 15 is 0 Å². The zero-order valence-corrected chi connectivity index (χ0v) is 21.8. The molecule has 0 unspecified atom stereocenters. The standard InChI is InChI=1S/C30H32N4O5/c1-38-29(36)25(14-7-8-17-32-30(37)39-21-22-10-3-2-4-11-22)33-28(35)27-18-24-13-5-6-15-26(24)34(27)20-23-12-9-16-31-19-23/h2-6,9-13,15-16,18-19,25H,7-8,14,17,20-21H2,1H3,(H,32,37)(H,33,35)/t25-/m0/s1. The van der Waals surface area contributed by atoms with E-state index in [1.807, 2.05) is 77.4 Å². The molecule has 0 spiro atoms. The van der Waals surface area contributed by atoms with Gasteiger partial charge < -0.3 is 24.7 Å². The Labute approximate surface area is 227 Å². The Morgan fingerprint density at radius 2 is 1.72 bits per heavy atom. The highest BCUT2D eigenvalue weighted by Crippen LogP contribution is 2.22. The second kappa shape index (κ2) is 13.8. The number of nitrogens with one attached hydrogen (secondary N) is 2. The van der Waals surface area contributed by atoms with Gasteiger partial charge in [0.1, 0.15) is 18.3 Å². The molecular formula is C30H32N4O5. The van der Waals surface area contributed by atoms with Gasteiger partial charge >= 0.3 is 12.1 Å². The number of pyridine rings is 1. The molecule has 4 rings (SSSR count). The number of hydrogen-bond acceptors (Lipinski definition) is 6. The number of carbonyl (C=O) groups is 3. The van der Waals surface area contributed by atoms with Crippen LogP contribution in [0.15, 0.2) is 85.2 Å². The lowest BCUT2D eigenvalue weighted by Gasteiger charge is -2.18. The summed E-state index contributed by atoms with van der Waals surface area (Å²) in [7, 11) is 1.30. The first kappa shape index (κ1) is 27.4. The highest BCUT2D eigenvalue weighted by molar-refractivity contribution is 6.00. The van der Waals surface area contributed by atoms with Crippen LogP contribution in [0.3, 0.4) is 0 Å². The van der Waals surface area contributed by atoms with Crippen molar-refractivity contribution in [2.24, 2.45) is 0 Å². The Balaban J connectivity index is 1.33. The van der Waals surface area contributed by atoms with E-state index in [9.17, 15) is 14.4 Å². The molecule has 0 bridgehead atoms. The summed E-state index contributed by atoms with van der Waals surface area (Å²) in [5, 5.41) is 6.48. The molecule has 9 heteroatoms. The third-order valence-corrected chi connectivity index (χ3v) is 6.30. The Morgan fingerprint density at radius 3 is 2.49 bits per heavy atom. The maximum atomic E-state index is 13.4. The van der Waals surface area contributed by atoms with Gasteiger partial charge in [0.25, 0.3) is 5.91 Å². The number of fused-ring (bicyclic) bond motifs is 1. The molecule has 0 aliphatic rings. The lowest BCUT2D eigenvalue weighted by molar-refractivity contribution is -0.143. The van der Waals surface area contributed by atoms with E-state index in [1.165, 1.54) is 7.11 Å². The van der Waals surface area contributed by atoms with Gasteiger partial charge in [0.2, 0.25) is 0 Å². The predicted octanol–water partition coefficient (Wildman–Crippen LogP) is 4.45. The van der Waals surface area contributed by atoms with E-state index in [4.69, 9.17) is 9.47 Å². The minimum Gasteiger partial charge on any atom is -0.467 e. The molecule has 2 aromatic carbocycles. The molecule has 4 aromatic rings. The van der Waals surface area contributed by atoms with Gasteiger partial charge in [-0.15, -0.1) is 0 Å². The fraction of sp³-hybridized carbons (Fsp3) is 0.267. The van der Waals surface area contributed by atoms with Crippen LogP contribution in [0, 0.1) is 0 Å². The van der Waals surface area contributed by atoms with E-state index in [-0.39, 0.29) is 12.5 Å². The van der Waals surface area contributed by atoms with Crippen molar-refractivity contribution in [1.29, 1.82) is 0 Å². The minimum absolute atomic E-state index is 0.195. The Bertz CT molecular complexity index is 1390. The number of amides is 2. The first-order chi connectivity index (χ1) is 19.0. The number of para-hydroxylation sites is 1. The highest BCUT2D eigenvalue weighted by Gasteiger charge is 2.24. The van der Waals surface area contributed by atoms with E-state index < -0.39 is 18.1 Å². The largest absolute Gasteiger partial charge is 0.467 e. The van der Waals surface area contributed by atoms with Crippen molar-refractivity contribution in [1.82, 2.24) is 20.2 Å². The summed E-state index contributed by atoms with van der Waals surface area (Å²) in [6, 6.07) is 22.0. The number of nitrogens with zero attached hydrogens (tertiary/aromatic N) is 2. The number of unbranched alkanes of at least 4 members (excludes halogenated alkanes) is 1. The van der Waals surface area contributed by atoms with E-state index in [0.29, 0.717) is 38.0 Å². The molecule has 39 heavy (non-hydrogen) atoms. The number of rotatable bonds is 12. The van der Waals surface area contributed by atoms with E-state index in [0.717, 1.165) is 22.0 Å². The summed E-state index contributed by atoms with van der Waals surface area (Å²) < 4.78 is 12.1. The SMILES string of the molecule is COC(=O)[C@H](CCCCNC(=O)OCc1ccccc1)NC(=O)c1cc2ccccc2n1Cc1cccnc1. The van der Waals surface area contributed by atoms with Crippen LogP contribution in [0.25, 0.3) is 10.9 Å². The highest BCUT2D eigenvalue weighted by atomic mass is 16.5. The van der Waals surface area contributed by atoms with Crippen LogP contribution in [-0.2, 0) is 27.4 Å². The second-order valence-electron chi connectivity index (χ2n) is 9.07. The molecule has 2 heterocycles. The number of hydrogen-bond donors (Lipinski definition) is 2. The van der Waals surface area contributed by atoms with Gasteiger partial charge in [-0.25, -0.2) is 9.59 Å². The molecule has 2 N–H and O–H groups in total. The molecule has 0 fully saturated rings. The van der Waals surface area contributed by atoms with Gasteiger partial charge in [-0.3, -0.25) is 9.78 Å². The summed E-state index contributed by atoms with van der Waals surface area (Å²) in [6.45, 7) is 1.04. The van der Waals surface area contributed by atoms with Gasteiger partial charge in [-0.2, -0.15) is 0 Å². The van der Waals surface area contributed by atoms with Crippen LogP contribution in [0.5, 0.6) is 0 Å². The van der Waals surface area contributed by atoms with Gasteiger partial charge in [0, 0.05) is 36.4 Å². The van der Waals surface area contributed by atoms with Crippen molar-refractivity contribution in [2.75, 3.05) is 13.7 Å². The van der Waals surface area contributed by atoms with Crippen molar-refractivity contribution >= 4 is 28.9 Å². The van der Waals surface area contributed by atoms with Crippen molar-refractivity contribution < 1.29 is 23.9 Å². The molecule has 9 nitrogen and oxygen atoms in total. The summed E-state index contributed by atoms with van der Waals surface area (Å²) >= 11 is 0. The fourth-order valence-electron chi connectivity index (χ4n) is 4.30. The molecule has 202 valence electrons. The number of esters is 1. The first-order valence-electron chi connectivity index (χ1n) is 12.9. The molecular weight excluding hydrogens is 496 g/mol. The monoisotopic (exact) mass is 528 g/mol. The topological polar surface area (TPSA) is 112 Å². The molecule has 2 amide bonds. The summed E-state index contributed by atoms with van der Waals surface area (Å²) in [5.41, 5.74) is 3.21. The first-order valence-corrected chi connectivity index (χ1v) is 12.9. The zero-order valence-electron chi connectivity index (χ0n) is 21.8. The molecule has 0 radical (unpaired) electrons. The maximum absolute atomic E-state index is 13.4. The van der Waals surface area contributed by atoms with Crippen molar-refractivity contribution in [3.05, 3.63) is 102 Å². The van der Waals surface area contributed by atoms with Crippen LogP contribution in [0.2, 0.25) is 0 Å². The normalized spacial score (nSPS) is 11.5. The number of aromatic nitrogens is 2. The lowest BCUT2D eigenvalue weighted by atomic mass is 10.1. The third kappa shape index (κ3) is 7.67. The number of carbonyl (C=O) groups excluding carboxylic acids is 3. The van der Waals surface area contributed by atoms with Crippen molar-refractivity contribution in [2.45, 2.75) is 38.5 Å². The Hall–Kier alpha value is -4.66. The maximum Gasteiger partial charge on any atom is 0.407 e. The average molecular weight is 529 g/mol. The van der Waals surface area contributed by atoms with E-state index in [2.05, 4.69) is 15.6 Å². The summed E-state index contributed by atoms with van der Waals surface area (Å²) in [5.74, 6) is -0.887. The molecule has 2 aromatic heterocycles. The van der Waals surface area contributed by atoms with Crippen LogP contribution in [0.4, 0.5) is 4.79 Å². The number of methoxy groups -OCH3 is 1. The van der Waals surface area contributed by atoms with Crippen LogP contribution in [-0.4, -0.2) is 47.2 Å². The molecule has 0 aliphatic carbocycles. The lowest BCUT2D eigenvalue weighted by Crippen LogP contribution is -2.42. The van der Waals surface area contributed by atoms with Crippen LogP contribution >= 0.6 is 0 Å². The third-order valence-electron chi connectivity index (χ3n) is 6.30. The Kier molecular flexibility index (Phi) is 9.66. The molecule has 1 atom stereocenters. The average Bonchev–Trinajstić information content (AvgIpc) is 3.34. The van der Waals surface area contributed by atoms with Gasteiger partial charge in [-0.05, 0) is 48.6 Å². The fourth-order valence-corrected chi connectivity index (χ4v) is 4.30. The predicted molar refractivity (Wildman–Crippen MR) is 147 cm³/mol. The molecule has 0 saturated carbocycles. The van der Waals surface area contributed by atoms with Crippen LogP contribution in [0.1, 0.15) is 40.9 Å². The smallest absolute Gasteiger partial charge is 0.407 e. The van der Waals surface area contributed by atoms with Crippen molar-refractivity contribution in [3.63, 3.8) is 0 Å². The second-order valence-corrected chi connectivity index (χ2v) is 9.07. The minimum atomic E-state index is -0.822. The van der Waals surface area contributed by atoms with Gasteiger partial charge in [-0.1, -0.05) is 54.6 Å². The van der Waals surface area contributed by atoms with Crippen LogP contribution < -0.4 is 10.6 Å². The Morgan fingerprint density at radius 1 is 0.949 bits per heavy atom. The van der Waals surface area contributed by atoms with Gasteiger partial charge in [0.05, 0.1) is 7.11 Å².